The summed E-state index contributed by atoms with van der Waals surface area (Å²) in [6, 6.07) is 3.73. The summed E-state index contributed by atoms with van der Waals surface area (Å²) < 4.78 is 5.08. The van der Waals surface area contributed by atoms with Gasteiger partial charge in [0.2, 0.25) is 0 Å². The van der Waals surface area contributed by atoms with Gasteiger partial charge >= 0.3 is 0 Å². The minimum atomic E-state index is 0.146. The molecule has 0 amide bonds. The first-order valence-corrected chi connectivity index (χ1v) is 5.21. The van der Waals surface area contributed by atoms with Gasteiger partial charge in [0.15, 0.2) is 0 Å². The van der Waals surface area contributed by atoms with E-state index in [2.05, 4.69) is 10.3 Å². The van der Waals surface area contributed by atoms with Gasteiger partial charge in [0.05, 0.1) is 17.7 Å². The van der Waals surface area contributed by atoms with Crippen LogP contribution < -0.4 is 11.1 Å². The summed E-state index contributed by atoms with van der Waals surface area (Å²) in [5, 5.41) is 3.81. The first-order chi connectivity index (χ1) is 7.27. The maximum Gasteiger partial charge on any atom is 0.145 e. The summed E-state index contributed by atoms with van der Waals surface area (Å²) in [4.78, 5) is 4.14. The molecule has 0 bridgehead atoms. The Kier molecular flexibility index (Phi) is 5.39. The zero-order valence-electron chi connectivity index (χ0n) is 8.74. The molecule has 4 nitrogen and oxygen atoms in total. The number of ether oxygens (including phenoxy) is 1. The van der Waals surface area contributed by atoms with Crippen LogP contribution in [0.2, 0.25) is 5.02 Å². The third-order valence-electron chi connectivity index (χ3n) is 1.98. The number of halogens is 1. The van der Waals surface area contributed by atoms with Crippen molar-refractivity contribution in [2.24, 2.45) is 5.73 Å². The third kappa shape index (κ3) is 4.03. The SMILES string of the molecule is COCC(CCN)Nc1ncccc1Cl. The Morgan fingerprint density at radius 1 is 1.67 bits per heavy atom. The monoisotopic (exact) mass is 229 g/mol. The summed E-state index contributed by atoms with van der Waals surface area (Å²) in [6.45, 7) is 1.19. The Bertz CT molecular complexity index is 290. The first kappa shape index (κ1) is 12.2. The van der Waals surface area contributed by atoms with Crippen molar-refractivity contribution in [1.82, 2.24) is 4.98 Å². The number of methoxy groups -OCH3 is 1. The topological polar surface area (TPSA) is 60.2 Å². The number of rotatable bonds is 6. The van der Waals surface area contributed by atoms with Crippen molar-refractivity contribution in [1.29, 1.82) is 0 Å². The molecule has 1 heterocycles. The van der Waals surface area contributed by atoms with E-state index in [9.17, 15) is 0 Å². The van der Waals surface area contributed by atoms with E-state index >= 15 is 0 Å². The van der Waals surface area contributed by atoms with E-state index in [1.54, 1.807) is 25.4 Å². The number of pyridine rings is 1. The highest BCUT2D eigenvalue weighted by molar-refractivity contribution is 6.32. The average Bonchev–Trinajstić information content (AvgIpc) is 2.22. The number of nitrogens with two attached hydrogens (primary N) is 1. The first-order valence-electron chi connectivity index (χ1n) is 4.84. The quantitative estimate of drug-likeness (QED) is 0.777. The van der Waals surface area contributed by atoms with Crippen molar-refractivity contribution in [3.63, 3.8) is 0 Å². The van der Waals surface area contributed by atoms with Crippen LogP contribution in [0.15, 0.2) is 18.3 Å². The molecule has 3 N–H and O–H groups in total. The summed E-state index contributed by atoms with van der Waals surface area (Å²) in [6.07, 6.45) is 2.52. The maximum absolute atomic E-state index is 5.97. The van der Waals surface area contributed by atoms with Crippen molar-refractivity contribution in [2.75, 3.05) is 25.6 Å². The molecule has 84 valence electrons. The lowest BCUT2D eigenvalue weighted by atomic mass is 10.2. The normalized spacial score (nSPS) is 12.5. The largest absolute Gasteiger partial charge is 0.383 e. The highest BCUT2D eigenvalue weighted by Gasteiger charge is 2.09. The summed E-state index contributed by atoms with van der Waals surface area (Å²) in [5.41, 5.74) is 5.50. The minimum Gasteiger partial charge on any atom is -0.383 e. The minimum absolute atomic E-state index is 0.146. The zero-order valence-corrected chi connectivity index (χ0v) is 9.50. The van der Waals surface area contributed by atoms with Gasteiger partial charge in [0, 0.05) is 13.3 Å². The van der Waals surface area contributed by atoms with Crippen molar-refractivity contribution in [3.8, 4) is 0 Å². The van der Waals surface area contributed by atoms with E-state index in [1.807, 2.05) is 0 Å². The third-order valence-corrected chi connectivity index (χ3v) is 2.29. The lowest BCUT2D eigenvalue weighted by molar-refractivity contribution is 0.183. The molecule has 1 aromatic rings. The van der Waals surface area contributed by atoms with E-state index < -0.39 is 0 Å². The zero-order chi connectivity index (χ0) is 11.1. The summed E-state index contributed by atoms with van der Waals surface area (Å²) >= 11 is 5.97. The Morgan fingerprint density at radius 2 is 2.47 bits per heavy atom. The molecule has 0 radical (unpaired) electrons. The van der Waals surface area contributed by atoms with E-state index in [0.29, 0.717) is 24.0 Å². The number of aromatic nitrogens is 1. The highest BCUT2D eigenvalue weighted by Crippen LogP contribution is 2.18. The lowest BCUT2D eigenvalue weighted by Crippen LogP contribution is -2.28. The number of nitrogens with one attached hydrogen (secondary N) is 1. The fraction of sp³-hybridized carbons (Fsp3) is 0.500. The van der Waals surface area contributed by atoms with E-state index in [0.717, 1.165) is 6.42 Å². The fourth-order valence-corrected chi connectivity index (χ4v) is 1.46. The molecule has 0 aliphatic carbocycles. The number of hydrogen-bond acceptors (Lipinski definition) is 4. The second kappa shape index (κ2) is 6.61. The van der Waals surface area contributed by atoms with E-state index in [4.69, 9.17) is 22.1 Å². The predicted molar refractivity (Wildman–Crippen MR) is 62.2 cm³/mol. The van der Waals surface area contributed by atoms with Crippen LogP contribution in [0.5, 0.6) is 0 Å². The van der Waals surface area contributed by atoms with Gasteiger partial charge in [-0.3, -0.25) is 0 Å². The smallest absolute Gasteiger partial charge is 0.145 e. The van der Waals surface area contributed by atoms with Crippen molar-refractivity contribution in [2.45, 2.75) is 12.5 Å². The number of nitrogens with zero attached hydrogens (tertiary/aromatic N) is 1. The van der Waals surface area contributed by atoms with E-state index in [-0.39, 0.29) is 6.04 Å². The van der Waals surface area contributed by atoms with Gasteiger partial charge in [-0.25, -0.2) is 4.98 Å². The Labute approximate surface area is 94.8 Å². The van der Waals surface area contributed by atoms with Crippen LogP contribution in [0.25, 0.3) is 0 Å². The van der Waals surface area contributed by atoms with Gasteiger partial charge in [-0.2, -0.15) is 0 Å². The van der Waals surface area contributed by atoms with Crippen LogP contribution in [0.1, 0.15) is 6.42 Å². The van der Waals surface area contributed by atoms with Crippen LogP contribution in [-0.4, -0.2) is 31.3 Å². The van der Waals surface area contributed by atoms with Gasteiger partial charge in [-0.05, 0) is 25.1 Å². The highest BCUT2D eigenvalue weighted by atomic mass is 35.5. The molecular weight excluding hydrogens is 214 g/mol. The standard InChI is InChI=1S/C10H16ClN3O/c1-15-7-8(4-5-12)14-10-9(11)3-2-6-13-10/h2-3,6,8H,4-5,7,12H2,1H3,(H,13,14). The molecule has 5 heteroatoms. The molecule has 1 atom stereocenters. The van der Waals surface area contributed by atoms with Gasteiger partial charge in [-0.1, -0.05) is 11.6 Å². The van der Waals surface area contributed by atoms with Crippen molar-refractivity contribution < 1.29 is 4.74 Å². The van der Waals surface area contributed by atoms with Crippen LogP contribution in [0.4, 0.5) is 5.82 Å². The van der Waals surface area contributed by atoms with Crippen LogP contribution in [-0.2, 0) is 4.74 Å². The van der Waals surface area contributed by atoms with Gasteiger partial charge < -0.3 is 15.8 Å². The van der Waals surface area contributed by atoms with Crippen molar-refractivity contribution in [3.05, 3.63) is 23.4 Å². The second-order valence-corrected chi connectivity index (χ2v) is 3.61. The van der Waals surface area contributed by atoms with Crippen LogP contribution in [0.3, 0.4) is 0 Å². The molecule has 0 saturated heterocycles. The molecule has 0 spiro atoms. The molecule has 0 aliphatic heterocycles. The average molecular weight is 230 g/mol. The molecule has 1 unspecified atom stereocenters. The molecule has 0 saturated carbocycles. The van der Waals surface area contributed by atoms with Gasteiger partial charge in [0.25, 0.3) is 0 Å². The number of anilines is 1. The van der Waals surface area contributed by atoms with Gasteiger partial charge in [0.1, 0.15) is 5.82 Å². The fourth-order valence-electron chi connectivity index (χ4n) is 1.28. The Morgan fingerprint density at radius 3 is 3.07 bits per heavy atom. The van der Waals surface area contributed by atoms with E-state index in [1.165, 1.54) is 0 Å². The lowest BCUT2D eigenvalue weighted by Gasteiger charge is -2.18. The molecule has 1 aromatic heterocycles. The summed E-state index contributed by atoms with van der Waals surface area (Å²) in [7, 11) is 1.66. The number of hydrogen-bond donors (Lipinski definition) is 2. The molecule has 15 heavy (non-hydrogen) atoms. The molecule has 0 aliphatic rings. The van der Waals surface area contributed by atoms with Crippen LogP contribution >= 0.6 is 11.6 Å². The Balaban J connectivity index is 2.60. The molecular formula is C10H16ClN3O. The maximum atomic E-state index is 5.97. The molecule has 1 rings (SSSR count). The summed E-state index contributed by atoms with van der Waals surface area (Å²) in [5.74, 6) is 0.676. The predicted octanol–water partition coefficient (Wildman–Crippen LogP) is 1.51. The van der Waals surface area contributed by atoms with Crippen LogP contribution in [0, 0.1) is 0 Å². The molecule has 0 aromatic carbocycles. The second-order valence-electron chi connectivity index (χ2n) is 3.21. The molecule has 0 fully saturated rings. The Hall–Kier alpha value is -0.840. The van der Waals surface area contributed by atoms with Crippen molar-refractivity contribution >= 4 is 17.4 Å². The van der Waals surface area contributed by atoms with Gasteiger partial charge in [-0.15, -0.1) is 0 Å².